The first-order chi connectivity index (χ1) is 17.8. The minimum absolute atomic E-state index is 0.00901. The average molecular weight is 558 g/mol. The van der Waals surface area contributed by atoms with Gasteiger partial charge in [0.25, 0.3) is 0 Å². The quantitative estimate of drug-likeness (QED) is 0.244. The van der Waals surface area contributed by atoms with Crippen LogP contribution in [-0.2, 0) is 10.8 Å². The SMILES string of the molecule is CC(C)Oc1ccc(Nc2ccc(OC(C)CC(C)(O[SiH3])C(C)(C)C)cc2Cc2ccc(Cl)cc2)cc1F. The van der Waals surface area contributed by atoms with E-state index in [0.29, 0.717) is 27.6 Å². The smallest absolute Gasteiger partial charge is 0.167 e. The molecule has 0 saturated carbocycles. The van der Waals surface area contributed by atoms with Gasteiger partial charge in [0.1, 0.15) is 16.2 Å². The Morgan fingerprint density at radius 1 is 0.921 bits per heavy atom. The number of hydrogen-bond acceptors (Lipinski definition) is 4. The lowest BCUT2D eigenvalue weighted by atomic mass is 9.75. The summed E-state index contributed by atoms with van der Waals surface area (Å²) in [4.78, 5) is 0. The maximum atomic E-state index is 14.6. The van der Waals surface area contributed by atoms with Gasteiger partial charge in [-0.1, -0.05) is 44.5 Å². The molecular formula is C31H41ClFNO3Si. The van der Waals surface area contributed by atoms with Crippen LogP contribution in [0.15, 0.2) is 60.7 Å². The number of nitrogens with one attached hydrogen (secondary N) is 1. The molecule has 3 rings (SSSR count). The number of anilines is 2. The molecule has 3 aromatic carbocycles. The van der Waals surface area contributed by atoms with Crippen LogP contribution in [-0.4, -0.2) is 28.3 Å². The summed E-state index contributed by atoms with van der Waals surface area (Å²) in [6, 6.07) is 18.7. The minimum atomic E-state index is -0.403. The molecule has 4 nitrogen and oxygen atoms in total. The van der Waals surface area contributed by atoms with Crippen molar-refractivity contribution < 1.29 is 18.3 Å². The van der Waals surface area contributed by atoms with E-state index in [-0.39, 0.29) is 29.0 Å². The Labute approximate surface area is 235 Å². The van der Waals surface area contributed by atoms with Crippen LogP contribution in [0.5, 0.6) is 11.5 Å². The van der Waals surface area contributed by atoms with Gasteiger partial charge in [-0.15, -0.1) is 0 Å². The summed E-state index contributed by atoms with van der Waals surface area (Å²) in [6.07, 6.45) is 1.29. The lowest BCUT2D eigenvalue weighted by molar-refractivity contribution is -0.0407. The van der Waals surface area contributed by atoms with Gasteiger partial charge in [-0.3, -0.25) is 0 Å². The highest BCUT2D eigenvalue weighted by molar-refractivity contribution is 6.30. The third kappa shape index (κ3) is 7.98. The Morgan fingerprint density at radius 2 is 1.61 bits per heavy atom. The van der Waals surface area contributed by atoms with Gasteiger partial charge >= 0.3 is 0 Å². The minimum Gasteiger partial charge on any atom is -0.491 e. The predicted octanol–water partition coefficient (Wildman–Crippen LogP) is 7.86. The fraction of sp³-hybridized carbons (Fsp3) is 0.419. The lowest BCUT2D eigenvalue weighted by Crippen LogP contribution is -2.45. The molecule has 0 spiro atoms. The van der Waals surface area contributed by atoms with Crippen LogP contribution in [0.4, 0.5) is 15.8 Å². The van der Waals surface area contributed by atoms with Gasteiger partial charge in [0, 0.05) is 28.9 Å². The first kappa shape index (κ1) is 30.0. The van der Waals surface area contributed by atoms with Crippen LogP contribution in [0.1, 0.15) is 66.0 Å². The second kappa shape index (κ2) is 12.5. The zero-order valence-corrected chi connectivity index (χ0v) is 26.6. The fourth-order valence-electron chi connectivity index (χ4n) is 4.34. The van der Waals surface area contributed by atoms with Gasteiger partial charge in [-0.25, -0.2) is 4.39 Å². The molecule has 3 aromatic rings. The van der Waals surface area contributed by atoms with Crippen LogP contribution in [0.25, 0.3) is 0 Å². The molecule has 2 unspecified atom stereocenters. The zero-order valence-electron chi connectivity index (χ0n) is 23.8. The summed E-state index contributed by atoms with van der Waals surface area (Å²) in [7, 11) is 0.666. The average Bonchev–Trinajstić information content (AvgIpc) is 2.82. The van der Waals surface area contributed by atoms with E-state index in [1.54, 1.807) is 6.07 Å². The van der Waals surface area contributed by atoms with E-state index in [1.807, 2.05) is 56.3 Å². The molecule has 0 aromatic heterocycles. The molecule has 0 heterocycles. The molecule has 0 saturated heterocycles. The molecular weight excluding hydrogens is 517 g/mol. The van der Waals surface area contributed by atoms with Crippen molar-refractivity contribution >= 4 is 33.5 Å². The zero-order chi connectivity index (χ0) is 28.1. The first-order valence-corrected chi connectivity index (χ1v) is 14.3. The van der Waals surface area contributed by atoms with E-state index in [4.69, 9.17) is 25.5 Å². The molecule has 0 aliphatic heterocycles. The highest BCUT2D eigenvalue weighted by Crippen LogP contribution is 2.38. The molecule has 7 heteroatoms. The van der Waals surface area contributed by atoms with Crippen LogP contribution in [0, 0.1) is 11.2 Å². The topological polar surface area (TPSA) is 39.7 Å². The molecule has 0 aliphatic carbocycles. The van der Waals surface area contributed by atoms with E-state index in [1.165, 1.54) is 6.07 Å². The maximum absolute atomic E-state index is 14.6. The Morgan fingerprint density at radius 3 is 2.18 bits per heavy atom. The second-order valence-electron chi connectivity index (χ2n) is 11.4. The van der Waals surface area contributed by atoms with Crippen LogP contribution in [0.2, 0.25) is 5.02 Å². The molecule has 0 aliphatic rings. The van der Waals surface area contributed by atoms with Gasteiger partial charge in [-0.2, -0.15) is 0 Å². The van der Waals surface area contributed by atoms with Crippen molar-refractivity contribution in [3.63, 3.8) is 0 Å². The van der Waals surface area contributed by atoms with E-state index in [2.05, 4.69) is 46.0 Å². The van der Waals surface area contributed by atoms with Crippen molar-refractivity contribution in [3.8, 4) is 11.5 Å². The molecule has 0 bridgehead atoms. The Hall–Kier alpha value is -2.54. The van der Waals surface area contributed by atoms with Crippen molar-refractivity contribution in [2.45, 2.75) is 79.1 Å². The number of halogens is 2. The third-order valence-electron chi connectivity index (χ3n) is 7.01. The normalized spacial score (nSPS) is 14.3. The van der Waals surface area contributed by atoms with E-state index < -0.39 is 5.82 Å². The highest BCUT2D eigenvalue weighted by atomic mass is 35.5. The fourth-order valence-corrected chi connectivity index (χ4v) is 5.24. The summed E-state index contributed by atoms with van der Waals surface area (Å²) in [6.45, 7) is 14.6. The summed E-state index contributed by atoms with van der Waals surface area (Å²) in [5.74, 6) is 0.619. The molecule has 38 heavy (non-hydrogen) atoms. The van der Waals surface area contributed by atoms with Crippen LogP contribution >= 0.6 is 11.6 Å². The predicted molar refractivity (Wildman–Crippen MR) is 160 cm³/mol. The molecule has 1 N–H and O–H groups in total. The van der Waals surface area contributed by atoms with E-state index >= 15 is 0 Å². The van der Waals surface area contributed by atoms with Crippen molar-refractivity contribution in [3.05, 3.63) is 82.6 Å². The van der Waals surface area contributed by atoms with Crippen LogP contribution < -0.4 is 14.8 Å². The van der Waals surface area contributed by atoms with Crippen LogP contribution in [0.3, 0.4) is 0 Å². The third-order valence-corrected chi connectivity index (χ3v) is 8.16. The Bertz CT molecular complexity index is 1210. The van der Waals surface area contributed by atoms with Crippen molar-refractivity contribution in [2.75, 3.05) is 5.32 Å². The monoisotopic (exact) mass is 557 g/mol. The summed E-state index contributed by atoms with van der Waals surface area (Å²) in [5.41, 5.74) is 3.37. The standard InChI is InChI=1S/C31H41ClFNO3Si/c1-20(2)35-29-15-12-25(18-27(29)33)34-28-14-13-26(17-23(28)16-22-8-10-24(32)11-9-22)36-21(3)19-31(7,37-38)30(4,5)6/h8-15,17-18,20-21,34H,16,19H2,1-7,38H3. The number of hydrogen-bond donors (Lipinski definition) is 1. The van der Waals surface area contributed by atoms with Gasteiger partial charge in [0.15, 0.2) is 11.6 Å². The number of ether oxygens (including phenoxy) is 2. The Balaban J connectivity index is 1.87. The molecule has 0 fully saturated rings. The lowest BCUT2D eigenvalue weighted by Gasteiger charge is -2.43. The van der Waals surface area contributed by atoms with E-state index in [9.17, 15) is 4.39 Å². The van der Waals surface area contributed by atoms with Crippen molar-refractivity contribution in [1.82, 2.24) is 0 Å². The summed E-state index contributed by atoms with van der Waals surface area (Å²) >= 11 is 6.11. The molecule has 2 atom stereocenters. The number of rotatable bonds is 11. The highest BCUT2D eigenvalue weighted by Gasteiger charge is 2.38. The molecule has 206 valence electrons. The molecule has 0 radical (unpaired) electrons. The van der Waals surface area contributed by atoms with Crippen molar-refractivity contribution in [1.29, 1.82) is 0 Å². The maximum Gasteiger partial charge on any atom is 0.167 e. The van der Waals surface area contributed by atoms with Gasteiger partial charge in [-0.05, 0) is 93.1 Å². The first-order valence-electron chi connectivity index (χ1n) is 13.1. The Kier molecular flexibility index (Phi) is 9.90. The van der Waals surface area contributed by atoms with Gasteiger partial charge in [0.2, 0.25) is 0 Å². The molecule has 0 amide bonds. The van der Waals surface area contributed by atoms with Gasteiger partial charge < -0.3 is 19.2 Å². The largest absolute Gasteiger partial charge is 0.491 e. The number of benzene rings is 3. The summed E-state index contributed by atoms with van der Waals surface area (Å²) in [5, 5.41) is 4.08. The van der Waals surface area contributed by atoms with Gasteiger partial charge in [0.05, 0.1) is 17.8 Å². The van der Waals surface area contributed by atoms with E-state index in [0.717, 1.165) is 29.0 Å². The summed E-state index contributed by atoms with van der Waals surface area (Å²) < 4.78 is 32.6. The second-order valence-corrected chi connectivity index (χ2v) is 12.2. The van der Waals surface area contributed by atoms with Crippen molar-refractivity contribution in [2.24, 2.45) is 5.41 Å².